The van der Waals surface area contributed by atoms with E-state index in [2.05, 4.69) is 0 Å². The Morgan fingerprint density at radius 1 is 0.714 bits per heavy atom. The summed E-state index contributed by atoms with van der Waals surface area (Å²) in [6, 6.07) is 17.8. The van der Waals surface area contributed by atoms with Gasteiger partial charge in [-0.25, -0.2) is 8.78 Å². The molecule has 0 radical (unpaired) electrons. The summed E-state index contributed by atoms with van der Waals surface area (Å²) in [5.41, 5.74) is 1.48. The van der Waals surface area contributed by atoms with E-state index in [1.54, 1.807) is 24.3 Å². The number of hydrogen-bond acceptors (Lipinski definition) is 3. The van der Waals surface area contributed by atoms with Crippen LogP contribution in [0.1, 0.15) is 16.7 Å². The van der Waals surface area contributed by atoms with Gasteiger partial charge in [-0.15, -0.1) is 0 Å². The van der Waals surface area contributed by atoms with E-state index in [-0.39, 0.29) is 0 Å². The molecule has 0 fully saturated rings. The van der Waals surface area contributed by atoms with Gasteiger partial charge in [-0.1, -0.05) is 48.0 Å². The molecule has 0 saturated heterocycles. The van der Waals surface area contributed by atoms with Crippen molar-refractivity contribution in [2.45, 2.75) is 5.16 Å². The van der Waals surface area contributed by atoms with E-state index in [9.17, 15) is 13.3 Å². The molecule has 0 spiro atoms. The van der Waals surface area contributed by atoms with Gasteiger partial charge in [0.1, 0.15) is 16.8 Å². The third kappa shape index (κ3) is 3.40. The minimum absolute atomic E-state index is 0.447. The summed E-state index contributed by atoms with van der Waals surface area (Å²) >= 11 is 6.05. The molecule has 0 N–H and O–H groups in total. The molecule has 0 aromatic heterocycles. The molecule has 0 atom stereocenters. The Kier molecular flexibility index (Phi) is 6.01. The highest BCUT2D eigenvalue weighted by molar-refractivity contribution is 7.55. The maximum Gasteiger partial charge on any atom is 0.349 e. The van der Waals surface area contributed by atoms with Crippen molar-refractivity contribution in [3.05, 3.63) is 106 Å². The van der Waals surface area contributed by atoms with Gasteiger partial charge in [-0.05, 0) is 53.1 Å². The van der Waals surface area contributed by atoms with Crippen molar-refractivity contribution in [3.8, 4) is 0 Å². The normalized spacial score (nSPS) is 12.2. The highest BCUT2D eigenvalue weighted by Gasteiger charge is 2.54. The monoisotopic (exact) mass is 422 g/mol. The fourth-order valence-corrected chi connectivity index (χ4v) is 5.61. The first-order chi connectivity index (χ1) is 13.4. The van der Waals surface area contributed by atoms with E-state index in [4.69, 9.17) is 20.6 Å². The Morgan fingerprint density at radius 3 is 1.36 bits per heavy atom. The molecular formula is C21H18ClF2O3P. The minimum Gasteiger partial charge on any atom is -0.311 e. The quantitative estimate of drug-likeness (QED) is 0.341. The minimum atomic E-state index is -3.92. The Labute approximate surface area is 167 Å². The standard InChI is InChI=1S/C21H18ClF2O3P/c1-26-28(25,27-2)21(15-3-9-18(22)10-4-15,16-5-11-19(23)12-6-16)17-7-13-20(24)14-8-17/h3-14H,1-2H3. The van der Waals surface area contributed by atoms with Crippen molar-refractivity contribution in [1.29, 1.82) is 0 Å². The van der Waals surface area contributed by atoms with E-state index in [0.717, 1.165) is 0 Å². The molecule has 0 aliphatic carbocycles. The van der Waals surface area contributed by atoms with Crippen LogP contribution in [0.5, 0.6) is 0 Å². The Bertz CT molecular complexity index is 871. The summed E-state index contributed by atoms with van der Waals surface area (Å²) in [7, 11) is -1.36. The number of hydrogen-bond donors (Lipinski definition) is 0. The van der Waals surface area contributed by atoms with Gasteiger partial charge in [0, 0.05) is 19.2 Å². The van der Waals surface area contributed by atoms with Crippen molar-refractivity contribution < 1.29 is 22.4 Å². The first-order valence-corrected chi connectivity index (χ1v) is 10.3. The summed E-state index contributed by atoms with van der Waals surface area (Å²) in [5, 5.41) is -0.983. The predicted molar refractivity (Wildman–Crippen MR) is 106 cm³/mol. The maximum absolute atomic E-state index is 14.0. The SMILES string of the molecule is COP(=O)(OC)C(c1ccc(F)cc1)(c1ccc(F)cc1)c1ccc(Cl)cc1. The van der Waals surface area contributed by atoms with Crippen LogP contribution in [-0.4, -0.2) is 14.2 Å². The zero-order valence-corrected chi connectivity index (χ0v) is 16.9. The van der Waals surface area contributed by atoms with Crippen LogP contribution in [0.3, 0.4) is 0 Å². The molecule has 28 heavy (non-hydrogen) atoms. The molecule has 0 aliphatic heterocycles. The molecule has 0 amide bonds. The van der Waals surface area contributed by atoms with Crippen LogP contribution in [0.4, 0.5) is 8.78 Å². The van der Waals surface area contributed by atoms with Crippen LogP contribution >= 0.6 is 19.2 Å². The third-order valence-corrected chi connectivity index (χ3v) is 7.49. The van der Waals surface area contributed by atoms with Crippen LogP contribution < -0.4 is 0 Å². The molecule has 3 aromatic rings. The summed E-state index contributed by atoms with van der Waals surface area (Å²) in [5.74, 6) is -0.893. The zero-order valence-electron chi connectivity index (χ0n) is 15.2. The maximum atomic E-state index is 14.0. The fraction of sp³-hybridized carbons (Fsp3) is 0.143. The number of halogens is 3. The molecule has 0 bridgehead atoms. The highest BCUT2D eigenvalue weighted by atomic mass is 35.5. The zero-order chi connectivity index (χ0) is 20.4. The molecule has 0 unspecified atom stereocenters. The fourth-order valence-electron chi connectivity index (χ4n) is 3.40. The Hall–Kier alpha value is -2.04. The van der Waals surface area contributed by atoms with Gasteiger partial charge in [0.15, 0.2) is 0 Å². The first-order valence-electron chi connectivity index (χ1n) is 8.37. The highest BCUT2D eigenvalue weighted by Crippen LogP contribution is 2.69. The van der Waals surface area contributed by atoms with Gasteiger partial charge >= 0.3 is 7.60 Å². The lowest BCUT2D eigenvalue weighted by Crippen LogP contribution is -2.31. The van der Waals surface area contributed by atoms with E-state index in [1.165, 1.54) is 62.8 Å². The molecular weight excluding hydrogens is 405 g/mol. The van der Waals surface area contributed by atoms with Crippen molar-refractivity contribution in [3.63, 3.8) is 0 Å². The Morgan fingerprint density at radius 2 is 1.04 bits per heavy atom. The van der Waals surface area contributed by atoms with Gasteiger partial charge < -0.3 is 9.05 Å². The van der Waals surface area contributed by atoms with Crippen LogP contribution in [0.25, 0.3) is 0 Å². The number of rotatable bonds is 6. The smallest absolute Gasteiger partial charge is 0.311 e. The first kappa shape index (κ1) is 20.7. The second-order valence-electron chi connectivity index (χ2n) is 6.09. The lowest BCUT2D eigenvalue weighted by atomic mass is 9.84. The molecule has 3 nitrogen and oxygen atoms in total. The van der Waals surface area contributed by atoms with Crippen LogP contribution in [0, 0.1) is 11.6 Å². The van der Waals surface area contributed by atoms with Crippen molar-refractivity contribution in [1.82, 2.24) is 0 Å². The molecule has 3 rings (SSSR count). The van der Waals surface area contributed by atoms with Gasteiger partial charge in [-0.2, -0.15) is 0 Å². The van der Waals surface area contributed by atoms with E-state index >= 15 is 0 Å². The average Bonchev–Trinajstić information content (AvgIpc) is 2.72. The van der Waals surface area contributed by atoms with E-state index in [0.29, 0.717) is 21.7 Å². The van der Waals surface area contributed by atoms with Gasteiger partial charge in [0.25, 0.3) is 0 Å². The molecule has 0 aliphatic rings. The largest absolute Gasteiger partial charge is 0.349 e. The Balaban J connectivity index is 2.47. The molecule has 7 heteroatoms. The molecule has 3 aromatic carbocycles. The summed E-state index contributed by atoms with van der Waals surface area (Å²) in [6.45, 7) is 0. The lowest BCUT2D eigenvalue weighted by molar-refractivity contribution is 0.259. The van der Waals surface area contributed by atoms with Crippen molar-refractivity contribution in [2.75, 3.05) is 14.2 Å². The predicted octanol–water partition coefficient (Wildman–Crippen LogP) is 6.40. The lowest BCUT2D eigenvalue weighted by Gasteiger charge is -2.39. The summed E-state index contributed by atoms with van der Waals surface area (Å²) in [4.78, 5) is 0. The van der Waals surface area contributed by atoms with E-state index < -0.39 is 24.4 Å². The van der Waals surface area contributed by atoms with Crippen LogP contribution in [0.15, 0.2) is 72.8 Å². The third-order valence-electron chi connectivity index (χ3n) is 4.68. The van der Waals surface area contributed by atoms with Crippen LogP contribution in [-0.2, 0) is 18.8 Å². The van der Waals surface area contributed by atoms with Crippen molar-refractivity contribution in [2.24, 2.45) is 0 Å². The van der Waals surface area contributed by atoms with Crippen molar-refractivity contribution >= 4 is 19.2 Å². The van der Waals surface area contributed by atoms with Gasteiger partial charge in [-0.3, -0.25) is 4.57 Å². The van der Waals surface area contributed by atoms with E-state index in [1.807, 2.05) is 0 Å². The molecule has 0 saturated carbocycles. The second-order valence-corrected chi connectivity index (χ2v) is 8.93. The average molecular weight is 423 g/mol. The summed E-state index contributed by atoms with van der Waals surface area (Å²) in [6.07, 6.45) is 0. The number of benzene rings is 3. The van der Waals surface area contributed by atoms with Gasteiger partial charge in [0.2, 0.25) is 0 Å². The second kappa shape index (κ2) is 8.14. The molecule has 146 valence electrons. The molecule has 0 heterocycles. The summed E-state index contributed by atoms with van der Waals surface area (Å²) < 4.78 is 52.1. The van der Waals surface area contributed by atoms with Crippen LogP contribution in [0.2, 0.25) is 5.02 Å². The van der Waals surface area contributed by atoms with Gasteiger partial charge in [0.05, 0.1) is 0 Å². The topological polar surface area (TPSA) is 35.5 Å².